The molecule has 7 nitrogen and oxygen atoms in total. The lowest BCUT2D eigenvalue weighted by Crippen LogP contribution is -2.25. The number of halogens is 1. The summed E-state index contributed by atoms with van der Waals surface area (Å²) in [6.45, 7) is 0.262. The molecule has 32 heavy (non-hydrogen) atoms. The Bertz CT molecular complexity index is 1350. The number of fused-ring (bicyclic) bond motifs is 3. The summed E-state index contributed by atoms with van der Waals surface area (Å²) < 4.78 is 7.09. The summed E-state index contributed by atoms with van der Waals surface area (Å²) in [4.78, 5) is 36.8. The van der Waals surface area contributed by atoms with E-state index < -0.39 is 0 Å². The summed E-state index contributed by atoms with van der Waals surface area (Å²) in [6, 6.07) is 7.00. The molecule has 0 fully saturated rings. The fourth-order valence-corrected chi connectivity index (χ4v) is 6.09. The number of aromatic nitrogens is 3. The number of hydrogen-bond donors (Lipinski definition) is 1. The van der Waals surface area contributed by atoms with E-state index in [1.165, 1.54) is 16.6 Å². The molecule has 10 heteroatoms. The number of carbonyl (C=O) groups excluding carboxylic acids is 1. The molecule has 0 spiro atoms. The highest BCUT2D eigenvalue weighted by atomic mass is 35.5. The van der Waals surface area contributed by atoms with E-state index in [1.807, 2.05) is 6.07 Å². The largest absolute Gasteiger partial charge is 0.467 e. The third-order valence-electron chi connectivity index (χ3n) is 5.30. The maximum atomic E-state index is 13.5. The Morgan fingerprint density at radius 2 is 2.16 bits per heavy atom. The maximum absolute atomic E-state index is 13.5. The molecule has 0 saturated carbocycles. The zero-order chi connectivity index (χ0) is 22.1. The molecular formula is C22H19ClN4O3S2. The minimum Gasteiger partial charge on any atom is -0.467 e. The van der Waals surface area contributed by atoms with Crippen molar-refractivity contribution in [2.75, 3.05) is 11.1 Å². The van der Waals surface area contributed by atoms with E-state index in [0.717, 1.165) is 36.1 Å². The molecule has 1 aliphatic rings. The molecule has 0 aliphatic heterocycles. The van der Waals surface area contributed by atoms with Crippen molar-refractivity contribution < 1.29 is 9.21 Å². The SMILES string of the molecule is O=C(CSc1nc2sc3c(c2c(=O)n1Cc1ccco1)CCCC3)Nc1cccnc1Cl. The topological polar surface area (TPSA) is 90.0 Å². The number of thiophene rings is 1. The van der Waals surface area contributed by atoms with E-state index in [-0.39, 0.29) is 28.9 Å². The highest BCUT2D eigenvalue weighted by molar-refractivity contribution is 7.99. The first-order valence-corrected chi connectivity index (χ1v) is 12.4. The second-order valence-corrected chi connectivity index (χ2v) is 9.82. The van der Waals surface area contributed by atoms with Crippen LogP contribution in [0.3, 0.4) is 0 Å². The van der Waals surface area contributed by atoms with Crippen LogP contribution in [0.15, 0.2) is 51.1 Å². The van der Waals surface area contributed by atoms with E-state index in [9.17, 15) is 9.59 Å². The van der Waals surface area contributed by atoms with Gasteiger partial charge < -0.3 is 9.73 Å². The molecule has 0 radical (unpaired) electrons. The van der Waals surface area contributed by atoms with Crippen LogP contribution in [0, 0.1) is 0 Å². The second kappa shape index (κ2) is 9.09. The molecule has 0 aromatic carbocycles. The lowest BCUT2D eigenvalue weighted by atomic mass is 9.97. The number of nitrogens with one attached hydrogen (secondary N) is 1. The van der Waals surface area contributed by atoms with Crippen molar-refractivity contribution in [3.8, 4) is 0 Å². The molecule has 1 amide bonds. The van der Waals surface area contributed by atoms with Crippen LogP contribution in [0.5, 0.6) is 0 Å². The first-order valence-electron chi connectivity index (χ1n) is 10.2. The molecule has 5 rings (SSSR count). The van der Waals surface area contributed by atoms with Crippen LogP contribution in [0.25, 0.3) is 10.2 Å². The Morgan fingerprint density at radius 1 is 1.28 bits per heavy atom. The predicted molar refractivity (Wildman–Crippen MR) is 127 cm³/mol. The van der Waals surface area contributed by atoms with Gasteiger partial charge in [-0.05, 0) is 55.5 Å². The molecule has 4 aromatic heterocycles. The van der Waals surface area contributed by atoms with Crippen molar-refractivity contribution in [3.05, 3.63) is 68.4 Å². The van der Waals surface area contributed by atoms with Crippen LogP contribution in [0.1, 0.15) is 29.0 Å². The summed E-state index contributed by atoms with van der Waals surface area (Å²) in [5.74, 6) is 0.479. The summed E-state index contributed by atoms with van der Waals surface area (Å²) in [6.07, 6.45) is 7.26. The van der Waals surface area contributed by atoms with Crippen LogP contribution in [-0.2, 0) is 24.2 Å². The van der Waals surface area contributed by atoms with E-state index in [2.05, 4.69) is 10.3 Å². The lowest BCUT2D eigenvalue weighted by molar-refractivity contribution is -0.113. The monoisotopic (exact) mass is 486 g/mol. The van der Waals surface area contributed by atoms with Crippen molar-refractivity contribution >= 4 is 56.5 Å². The van der Waals surface area contributed by atoms with Crippen LogP contribution < -0.4 is 10.9 Å². The first-order chi connectivity index (χ1) is 15.6. The highest BCUT2D eigenvalue weighted by Gasteiger charge is 2.23. The van der Waals surface area contributed by atoms with Gasteiger partial charge in [-0.3, -0.25) is 14.2 Å². The van der Waals surface area contributed by atoms with Gasteiger partial charge in [0.05, 0.1) is 29.6 Å². The van der Waals surface area contributed by atoms with Crippen LogP contribution in [0.2, 0.25) is 5.15 Å². The van der Waals surface area contributed by atoms with Crippen molar-refractivity contribution in [1.82, 2.24) is 14.5 Å². The normalized spacial score (nSPS) is 13.3. The standard InChI is InChI=1S/C22H19ClN4O3S2/c23-19-15(7-3-9-24-19)25-17(28)12-31-22-26-20-18(14-6-1-2-8-16(14)32-20)21(29)27(22)11-13-5-4-10-30-13/h3-5,7,9-10H,1-2,6,8,11-12H2,(H,25,28). The van der Waals surface area contributed by atoms with Crippen LogP contribution >= 0.6 is 34.7 Å². The molecule has 4 aromatic rings. The molecular weight excluding hydrogens is 468 g/mol. The highest BCUT2D eigenvalue weighted by Crippen LogP contribution is 2.35. The molecule has 1 aliphatic carbocycles. The number of nitrogens with zero attached hydrogens (tertiary/aromatic N) is 3. The number of thioether (sulfide) groups is 1. The van der Waals surface area contributed by atoms with Gasteiger partial charge in [-0.2, -0.15) is 0 Å². The molecule has 4 heterocycles. The lowest BCUT2D eigenvalue weighted by Gasteiger charge is -2.13. The minimum absolute atomic E-state index is 0.0758. The molecule has 1 N–H and O–H groups in total. The number of furan rings is 1. The Hall–Kier alpha value is -2.62. The van der Waals surface area contributed by atoms with Gasteiger partial charge in [0.25, 0.3) is 5.56 Å². The molecule has 0 atom stereocenters. The first kappa shape index (κ1) is 21.2. The molecule has 0 unspecified atom stereocenters. The third-order valence-corrected chi connectivity index (χ3v) is 7.76. The van der Waals surface area contributed by atoms with E-state index in [0.29, 0.717) is 22.0 Å². The number of carbonyl (C=O) groups is 1. The number of rotatable bonds is 6. The van der Waals surface area contributed by atoms with Crippen LogP contribution in [-0.4, -0.2) is 26.2 Å². The average molecular weight is 487 g/mol. The van der Waals surface area contributed by atoms with E-state index in [1.54, 1.807) is 46.6 Å². The predicted octanol–water partition coefficient (Wildman–Crippen LogP) is 4.76. The van der Waals surface area contributed by atoms with Gasteiger partial charge in [-0.1, -0.05) is 23.4 Å². The fraction of sp³-hybridized carbons (Fsp3) is 0.273. The van der Waals surface area contributed by atoms with Crippen molar-refractivity contribution in [2.24, 2.45) is 0 Å². The molecule has 0 saturated heterocycles. The molecule has 164 valence electrons. The summed E-state index contributed by atoms with van der Waals surface area (Å²) in [7, 11) is 0. The number of amides is 1. The van der Waals surface area contributed by atoms with E-state index >= 15 is 0 Å². The Balaban J connectivity index is 1.47. The zero-order valence-corrected chi connectivity index (χ0v) is 19.4. The van der Waals surface area contributed by atoms with Crippen molar-refractivity contribution in [1.29, 1.82) is 0 Å². The van der Waals surface area contributed by atoms with Crippen molar-refractivity contribution in [3.63, 3.8) is 0 Å². The van der Waals surface area contributed by atoms with Gasteiger partial charge in [0.2, 0.25) is 5.91 Å². The quantitative estimate of drug-likeness (QED) is 0.240. The average Bonchev–Trinajstić information content (AvgIpc) is 3.43. The van der Waals surface area contributed by atoms with Crippen molar-refractivity contribution in [2.45, 2.75) is 37.4 Å². The Labute approximate surface area is 196 Å². The number of aryl methyl sites for hydroxylation is 2. The van der Waals surface area contributed by atoms with Gasteiger partial charge in [-0.15, -0.1) is 11.3 Å². The minimum atomic E-state index is -0.255. The Morgan fingerprint density at radius 3 is 2.97 bits per heavy atom. The number of pyridine rings is 1. The number of hydrogen-bond acceptors (Lipinski definition) is 7. The smallest absolute Gasteiger partial charge is 0.263 e. The van der Waals surface area contributed by atoms with Gasteiger partial charge in [0, 0.05) is 11.1 Å². The van der Waals surface area contributed by atoms with Gasteiger partial charge in [-0.25, -0.2) is 9.97 Å². The molecule has 0 bridgehead atoms. The van der Waals surface area contributed by atoms with E-state index in [4.69, 9.17) is 21.0 Å². The van der Waals surface area contributed by atoms with Gasteiger partial charge in [0.15, 0.2) is 10.3 Å². The maximum Gasteiger partial charge on any atom is 0.263 e. The van der Waals surface area contributed by atoms with Crippen LogP contribution in [0.4, 0.5) is 5.69 Å². The Kier molecular flexibility index (Phi) is 6.03. The summed E-state index contributed by atoms with van der Waals surface area (Å²) in [5, 5.41) is 4.18. The second-order valence-electron chi connectivity index (χ2n) is 7.43. The zero-order valence-electron chi connectivity index (χ0n) is 17.0. The number of anilines is 1. The summed E-state index contributed by atoms with van der Waals surface area (Å²) >= 11 is 8.84. The van der Waals surface area contributed by atoms with Gasteiger partial charge >= 0.3 is 0 Å². The summed E-state index contributed by atoms with van der Waals surface area (Å²) in [5.41, 5.74) is 1.51. The third kappa shape index (κ3) is 4.20. The fourth-order valence-electron chi connectivity index (χ4n) is 3.82. The van der Waals surface area contributed by atoms with Gasteiger partial charge in [0.1, 0.15) is 10.6 Å².